The summed E-state index contributed by atoms with van der Waals surface area (Å²) < 4.78 is 14.8. The number of nitriles is 1. The van der Waals surface area contributed by atoms with Crippen LogP contribution in [0.15, 0.2) is 30.5 Å². The predicted octanol–water partition coefficient (Wildman–Crippen LogP) is 4.78. The van der Waals surface area contributed by atoms with Gasteiger partial charge < -0.3 is 10.4 Å². The Bertz CT molecular complexity index is 1290. The largest absolute Gasteiger partial charge is 0.390 e. The number of nitrogens with zero attached hydrogens (tertiary/aromatic N) is 5. The molecule has 3 aromatic heterocycles. The number of aromatic nitrogens is 4. The summed E-state index contributed by atoms with van der Waals surface area (Å²) in [6, 6.07) is 8.61. The number of hydrogen-bond donors (Lipinski definition) is 2. The fourth-order valence-corrected chi connectivity index (χ4v) is 4.22. The first-order chi connectivity index (χ1) is 14.0. The molecule has 30 heavy (non-hydrogen) atoms. The number of nitrogens with one attached hydrogen (secondary N) is 1. The Hall–Kier alpha value is -2.90. The van der Waals surface area contributed by atoms with Crippen molar-refractivity contribution < 1.29 is 9.50 Å². The van der Waals surface area contributed by atoms with Crippen molar-refractivity contribution in [3.8, 4) is 16.6 Å². The molecular formula is C19H13Cl2FN6OS. The SMILES string of the molecule is Cc1nc(CO)cc(Nc2ncc(F)c3nc(-c4c(Cl)cccc4C#N)sc23)n1.Cl. The third kappa shape index (κ3) is 4.04. The number of halogens is 3. The second-order valence-electron chi connectivity index (χ2n) is 6.00. The molecule has 0 unspecified atom stereocenters. The lowest BCUT2D eigenvalue weighted by molar-refractivity contribution is 0.276. The van der Waals surface area contributed by atoms with Crippen molar-refractivity contribution in [2.45, 2.75) is 13.5 Å². The number of aliphatic hydroxyl groups is 1. The van der Waals surface area contributed by atoms with Gasteiger partial charge in [0.1, 0.15) is 26.9 Å². The molecule has 0 bridgehead atoms. The maximum atomic E-state index is 14.4. The zero-order valence-electron chi connectivity index (χ0n) is 15.3. The molecule has 0 saturated carbocycles. The topological polar surface area (TPSA) is 108 Å². The van der Waals surface area contributed by atoms with Gasteiger partial charge in [0.05, 0.1) is 35.2 Å². The number of anilines is 2. The fraction of sp³-hybridized carbons (Fsp3) is 0.105. The van der Waals surface area contributed by atoms with Gasteiger partial charge in [0, 0.05) is 11.6 Å². The van der Waals surface area contributed by atoms with Crippen molar-refractivity contribution in [1.82, 2.24) is 19.9 Å². The van der Waals surface area contributed by atoms with Crippen LogP contribution in [0.4, 0.5) is 16.0 Å². The molecule has 0 spiro atoms. The van der Waals surface area contributed by atoms with Gasteiger partial charge in [-0.3, -0.25) is 0 Å². The van der Waals surface area contributed by atoms with Crippen LogP contribution >= 0.6 is 35.3 Å². The van der Waals surface area contributed by atoms with E-state index in [1.54, 1.807) is 31.2 Å². The molecule has 2 N–H and O–H groups in total. The highest BCUT2D eigenvalue weighted by Gasteiger charge is 2.19. The van der Waals surface area contributed by atoms with Gasteiger partial charge in [0.25, 0.3) is 0 Å². The lowest BCUT2D eigenvalue weighted by atomic mass is 10.1. The molecule has 0 aliphatic heterocycles. The second kappa shape index (κ2) is 8.85. The minimum atomic E-state index is -0.589. The van der Waals surface area contributed by atoms with Crippen LogP contribution in [-0.4, -0.2) is 25.0 Å². The molecule has 0 atom stereocenters. The zero-order valence-corrected chi connectivity index (χ0v) is 17.7. The van der Waals surface area contributed by atoms with Crippen molar-refractivity contribution in [2.75, 3.05) is 5.32 Å². The minimum absolute atomic E-state index is 0. The molecule has 152 valence electrons. The van der Waals surface area contributed by atoms with Crippen LogP contribution < -0.4 is 5.32 Å². The molecular weight excluding hydrogens is 450 g/mol. The van der Waals surface area contributed by atoms with Gasteiger partial charge in [-0.25, -0.2) is 24.3 Å². The standard InChI is InChI=1S/C19H12ClFN6OS.ClH/c1-9-24-11(8-28)5-14(25-9)26-18-17-16(13(21)7-23-18)27-19(29-17)15-10(6-22)3-2-4-12(15)20;/h2-5,7,28H,8H2,1H3,(H,23,24,25,26);1H. The number of pyridine rings is 1. The van der Waals surface area contributed by atoms with Crippen molar-refractivity contribution in [1.29, 1.82) is 5.26 Å². The monoisotopic (exact) mass is 462 g/mol. The van der Waals surface area contributed by atoms with Crippen molar-refractivity contribution in [3.63, 3.8) is 0 Å². The molecule has 0 aliphatic rings. The summed E-state index contributed by atoms with van der Waals surface area (Å²) in [6.07, 6.45) is 1.06. The average molecular weight is 463 g/mol. The minimum Gasteiger partial charge on any atom is -0.390 e. The fourth-order valence-electron chi connectivity index (χ4n) is 2.81. The Labute approximate surface area is 185 Å². The van der Waals surface area contributed by atoms with Crippen molar-refractivity contribution in [3.05, 3.63) is 58.4 Å². The third-order valence-corrected chi connectivity index (χ3v) is 5.42. The molecule has 7 nitrogen and oxygen atoms in total. The van der Waals surface area contributed by atoms with Gasteiger partial charge in [0.15, 0.2) is 11.6 Å². The van der Waals surface area contributed by atoms with Gasteiger partial charge in [-0.2, -0.15) is 5.26 Å². The summed E-state index contributed by atoms with van der Waals surface area (Å²) in [7, 11) is 0. The number of thiazole rings is 1. The van der Waals surface area contributed by atoms with Gasteiger partial charge in [-0.15, -0.1) is 23.7 Å². The van der Waals surface area contributed by atoms with Crippen LogP contribution in [0, 0.1) is 24.1 Å². The molecule has 4 aromatic rings. The second-order valence-corrected chi connectivity index (χ2v) is 7.41. The maximum absolute atomic E-state index is 14.4. The molecule has 0 fully saturated rings. The van der Waals surface area contributed by atoms with Crippen LogP contribution in [0.25, 0.3) is 20.8 Å². The van der Waals surface area contributed by atoms with E-state index in [9.17, 15) is 14.8 Å². The highest BCUT2D eigenvalue weighted by molar-refractivity contribution is 7.22. The molecule has 0 aliphatic carbocycles. The Morgan fingerprint density at radius 3 is 2.83 bits per heavy atom. The van der Waals surface area contributed by atoms with Gasteiger partial charge in [0.2, 0.25) is 0 Å². The third-order valence-electron chi connectivity index (χ3n) is 4.02. The van der Waals surface area contributed by atoms with E-state index in [-0.39, 0.29) is 24.5 Å². The summed E-state index contributed by atoms with van der Waals surface area (Å²) >= 11 is 7.44. The summed E-state index contributed by atoms with van der Waals surface area (Å²) in [5.74, 6) is 0.635. The Kier molecular flexibility index (Phi) is 6.43. The molecule has 0 amide bonds. The maximum Gasteiger partial charge on any atom is 0.168 e. The van der Waals surface area contributed by atoms with E-state index in [0.717, 1.165) is 17.5 Å². The number of hydrogen-bond acceptors (Lipinski definition) is 8. The normalized spacial score (nSPS) is 10.5. The summed E-state index contributed by atoms with van der Waals surface area (Å²) in [5.41, 5.74) is 1.35. The molecule has 11 heteroatoms. The van der Waals surface area contributed by atoms with E-state index < -0.39 is 5.82 Å². The molecule has 4 rings (SSSR count). The van der Waals surface area contributed by atoms with Crippen LogP contribution in [0.2, 0.25) is 5.02 Å². The van der Waals surface area contributed by atoms with Gasteiger partial charge in [-0.05, 0) is 19.1 Å². The number of benzene rings is 1. The number of aryl methyl sites for hydroxylation is 1. The molecule has 0 saturated heterocycles. The lowest BCUT2D eigenvalue weighted by Gasteiger charge is -2.07. The van der Waals surface area contributed by atoms with Gasteiger partial charge >= 0.3 is 0 Å². The molecule has 1 aromatic carbocycles. The first-order valence-corrected chi connectivity index (χ1v) is 9.56. The quantitative estimate of drug-likeness (QED) is 0.449. The van der Waals surface area contributed by atoms with E-state index in [4.69, 9.17) is 11.6 Å². The van der Waals surface area contributed by atoms with Gasteiger partial charge in [-0.1, -0.05) is 17.7 Å². The van der Waals surface area contributed by atoms with E-state index in [1.807, 2.05) is 0 Å². The predicted molar refractivity (Wildman–Crippen MR) is 116 cm³/mol. The number of rotatable bonds is 4. The van der Waals surface area contributed by atoms with Crippen LogP contribution in [-0.2, 0) is 6.61 Å². The molecule has 3 heterocycles. The van der Waals surface area contributed by atoms with Crippen molar-refractivity contribution in [2.24, 2.45) is 0 Å². The summed E-state index contributed by atoms with van der Waals surface area (Å²) in [4.78, 5) is 16.9. The highest BCUT2D eigenvalue weighted by Crippen LogP contribution is 2.39. The lowest BCUT2D eigenvalue weighted by Crippen LogP contribution is -2.02. The Morgan fingerprint density at radius 2 is 2.10 bits per heavy atom. The van der Waals surface area contributed by atoms with E-state index in [0.29, 0.717) is 49.0 Å². The Balaban J connectivity index is 0.00000256. The molecule has 0 radical (unpaired) electrons. The Morgan fingerprint density at radius 1 is 1.30 bits per heavy atom. The van der Waals surface area contributed by atoms with E-state index in [1.165, 1.54) is 0 Å². The van der Waals surface area contributed by atoms with Crippen molar-refractivity contribution >= 4 is 57.2 Å². The van der Waals surface area contributed by atoms with E-state index in [2.05, 4.69) is 31.3 Å². The van der Waals surface area contributed by atoms with Crippen LogP contribution in [0.5, 0.6) is 0 Å². The highest BCUT2D eigenvalue weighted by atomic mass is 35.5. The first kappa shape index (κ1) is 21.8. The number of aliphatic hydroxyl groups excluding tert-OH is 1. The van der Waals surface area contributed by atoms with E-state index >= 15 is 0 Å². The first-order valence-electron chi connectivity index (χ1n) is 8.36. The smallest absolute Gasteiger partial charge is 0.168 e. The average Bonchev–Trinajstić information content (AvgIpc) is 3.15. The number of fused-ring (bicyclic) bond motifs is 1. The van der Waals surface area contributed by atoms with Crippen LogP contribution in [0.1, 0.15) is 17.1 Å². The summed E-state index contributed by atoms with van der Waals surface area (Å²) in [6.45, 7) is 1.46. The zero-order chi connectivity index (χ0) is 20.5. The van der Waals surface area contributed by atoms with Crippen LogP contribution in [0.3, 0.4) is 0 Å². The summed E-state index contributed by atoms with van der Waals surface area (Å²) in [5, 5.41) is 22.5.